The summed E-state index contributed by atoms with van der Waals surface area (Å²) in [6, 6.07) is 5.49. The standard InChI is InChI=1S/C19H19N3O3S3/c1-3-9-22-18(25)14-7-10-26-17(14)21-19(22)27-11-15(24)16-5-4-13(28-16)6-8-20-12(2)23/h3-5,7,10H,1,6,8-9,11H2,2H3,(H,20,23). The van der Waals surface area contributed by atoms with Crippen LogP contribution >= 0.6 is 34.4 Å². The maximum absolute atomic E-state index is 12.6. The molecule has 0 aliphatic heterocycles. The molecule has 0 aliphatic rings. The Bertz CT molecular complexity index is 1080. The van der Waals surface area contributed by atoms with Gasteiger partial charge in [-0.15, -0.1) is 29.3 Å². The molecule has 0 fully saturated rings. The highest BCUT2D eigenvalue weighted by Crippen LogP contribution is 2.24. The Balaban J connectivity index is 1.70. The first kappa shape index (κ1) is 20.5. The van der Waals surface area contributed by atoms with Gasteiger partial charge < -0.3 is 5.32 Å². The average molecular weight is 434 g/mol. The van der Waals surface area contributed by atoms with Crippen LogP contribution in [0.5, 0.6) is 0 Å². The summed E-state index contributed by atoms with van der Waals surface area (Å²) in [6.45, 7) is 6.08. The van der Waals surface area contributed by atoms with E-state index in [1.54, 1.807) is 16.7 Å². The van der Waals surface area contributed by atoms with Crippen LogP contribution in [0.2, 0.25) is 0 Å². The van der Waals surface area contributed by atoms with Crippen LogP contribution in [0, 0.1) is 0 Å². The van der Waals surface area contributed by atoms with Gasteiger partial charge in [0.1, 0.15) is 4.83 Å². The molecule has 146 valence electrons. The summed E-state index contributed by atoms with van der Waals surface area (Å²) < 4.78 is 1.55. The minimum Gasteiger partial charge on any atom is -0.356 e. The third-order valence-electron chi connectivity index (χ3n) is 3.87. The van der Waals surface area contributed by atoms with Gasteiger partial charge in [0.25, 0.3) is 5.56 Å². The van der Waals surface area contributed by atoms with Crippen molar-refractivity contribution in [3.05, 3.63) is 56.3 Å². The fraction of sp³-hybridized carbons (Fsp3) is 0.263. The predicted molar refractivity (Wildman–Crippen MR) is 116 cm³/mol. The zero-order valence-electron chi connectivity index (χ0n) is 15.3. The van der Waals surface area contributed by atoms with Crippen LogP contribution < -0.4 is 10.9 Å². The number of nitrogens with one attached hydrogen (secondary N) is 1. The molecule has 0 saturated carbocycles. The van der Waals surface area contributed by atoms with Gasteiger partial charge in [0.05, 0.1) is 16.0 Å². The van der Waals surface area contributed by atoms with Gasteiger partial charge in [-0.3, -0.25) is 19.0 Å². The van der Waals surface area contributed by atoms with Crippen molar-refractivity contribution >= 4 is 56.3 Å². The maximum atomic E-state index is 12.6. The number of ketones is 1. The fourth-order valence-electron chi connectivity index (χ4n) is 2.56. The van der Waals surface area contributed by atoms with E-state index < -0.39 is 0 Å². The monoisotopic (exact) mass is 433 g/mol. The van der Waals surface area contributed by atoms with Crippen LogP contribution in [0.4, 0.5) is 0 Å². The second-order valence-electron chi connectivity index (χ2n) is 5.95. The molecule has 0 radical (unpaired) electrons. The van der Waals surface area contributed by atoms with Crippen LogP contribution in [0.15, 0.2) is 46.2 Å². The molecule has 9 heteroatoms. The largest absolute Gasteiger partial charge is 0.356 e. The zero-order chi connectivity index (χ0) is 20.1. The first-order valence-corrected chi connectivity index (χ1v) is 11.3. The molecule has 3 heterocycles. The third kappa shape index (κ3) is 4.78. The number of hydrogen-bond donors (Lipinski definition) is 1. The molecule has 6 nitrogen and oxygen atoms in total. The second kappa shape index (κ2) is 9.31. The van der Waals surface area contributed by atoms with Gasteiger partial charge in [-0.2, -0.15) is 0 Å². The second-order valence-corrected chi connectivity index (χ2v) is 8.95. The van der Waals surface area contributed by atoms with E-state index in [-0.39, 0.29) is 23.0 Å². The summed E-state index contributed by atoms with van der Waals surface area (Å²) in [5, 5.41) is 5.70. The Kier molecular flexibility index (Phi) is 6.82. The molecular formula is C19H19N3O3S3. The highest BCUT2D eigenvalue weighted by molar-refractivity contribution is 7.99. The number of allylic oxidation sites excluding steroid dienone is 1. The average Bonchev–Trinajstić information content (AvgIpc) is 3.31. The van der Waals surface area contributed by atoms with Crippen molar-refractivity contribution in [1.82, 2.24) is 14.9 Å². The van der Waals surface area contributed by atoms with Crippen molar-refractivity contribution in [2.45, 2.75) is 25.0 Å². The topological polar surface area (TPSA) is 81.1 Å². The number of hydrogen-bond acceptors (Lipinski definition) is 7. The number of Topliss-reactive ketones (excluding diaryl/α,β-unsaturated/α-hetero) is 1. The van der Waals surface area contributed by atoms with Gasteiger partial charge in [0, 0.05) is 24.9 Å². The van der Waals surface area contributed by atoms with Crippen LogP contribution in [0.3, 0.4) is 0 Å². The Morgan fingerprint density at radius 3 is 2.93 bits per heavy atom. The van der Waals surface area contributed by atoms with Crippen LogP contribution in [-0.2, 0) is 17.8 Å². The number of rotatable bonds is 9. The van der Waals surface area contributed by atoms with E-state index in [9.17, 15) is 14.4 Å². The summed E-state index contributed by atoms with van der Waals surface area (Å²) in [6.07, 6.45) is 2.34. The summed E-state index contributed by atoms with van der Waals surface area (Å²) in [5.41, 5.74) is -0.113. The molecule has 0 bridgehead atoms. The zero-order valence-corrected chi connectivity index (χ0v) is 17.7. The molecule has 0 atom stereocenters. The normalized spacial score (nSPS) is 10.9. The van der Waals surface area contributed by atoms with Crippen molar-refractivity contribution < 1.29 is 9.59 Å². The number of fused-ring (bicyclic) bond motifs is 1. The van der Waals surface area contributed by atoms with Gasteiger partial charge in [-0.1, -0.05) is 17.8 Å². The lowest BCUT2D eigenvalue weighted by Crippen LogP contribution is -2.22. The summed E-state index contributed by atoms with van der Waals surface area (Å²) in [7, 11) is 0. The first-order valence-electron chi connectivity index (χ1n) is 8.57. The molecule has 0 spiro atoms. The number of thiophene rings is 2. The molecule has 1 N–H and O–H groups in total. The number of thioether (sulfide) groups is 1. The Morgan fingerprint density at radius 1 is 1.36 bits per heavy atom. The molecule has 1 amide bonds. The van der Waals surface area contributed by atoms with Crippen molar-refractivity contribution in [2.75, 3.05) is 12.3 Å². The lowest BCUT2D eigenvalue weighted by molar-refractivity contribution is -0.118. The molecule has 28 heavy (non-hydrogen) atoms. The van der Waals surface area contributed by atoms with Crippen molar-refractivity contribution in [3.63, 3.8) is 0 Å². The Labute approximate surface area is 174 Å². The number of carbonyl (C=O) groups excluding carboxylic acids is 2. The molecule has 0 aromatic carbocycles. The SMILES string of the molecule is C=CCn1c(SCC(=O)c2ccc(CCNC(C)=O)s2)nc2sccc2c1=O. The van der Waals surface area contributed by atoms with E-state index in [0.717, 1.165) is 4.88 Å². The van der Waals surface area contributed by atoms with E-state index in [0.29, 0.717) is 39.8 Å². The number of carbonyl (C=O) groups is 2. The predicted octanol–water partition coefficient (Wildman–Crippen LogP) is 3.36. The lowest BCUT2D eigenvalue weighted by Gasteiger charge is -2.09. The number of amides is 1. The minimum atomic E-state index is -0.113. The van der Waals surface area contributed by atoms with Crippen molar-refractivity contribution in [1.29, 1.82) is 0 Å². The summed E-state index contributed by atoms with van der Waals surface area (Å²) >= 11 is 4.11. The van der Waals surface area contributed by atoms with E-state index in [2.05, 4.69) is 16.9 Å². The Hall–Kier alpha value is -2.23. The molecule has 0 unspecified atom stereocenters. The van der Waals surface area contributed by atoms with Gasteiger partial charge in [-0.05, 0) is 30.0 Å². The summed E-state index contributed by atoms with van der Waals surface area (Å²) in [4.78, 5) is 43.1. The molecular weight excluding hydrogens is 414 g/mol. The highest BCUT2D eigenvalue weighted by Gasteiger charge is 2.15. The molecule has 3 aromatic heterocycles. The molecule has 0 aliphatic carbocycles. The van der Waals surface area contributed by atoms with E-state index in [1.807, 2.05) is 17.5 Å². The third-order valence-corrected chi connectivity index (χ3v) is 6.84. The van der Waals surface area contributed by atoms with Gasteiger partial charge in [0.2, 0.25) is 5.91 Å². The highest BCUT2D eigenvalue weighted by atomic mass is 32.2. The maximum Gasteiger partial charge on any atom is 0.263 e. The van der Waals surface area contributed by atoms with E-state index in [1.165, 1.54) is 41.4 Å². The van der Waals surface area contributed by atoms with Crippen LogP contribution in [0.1, 0.15) is 21.5 Å². The molecule has 3 aromatic rings. The van der Waals surface area contributed by atoms with E-state index in [4.69, 9.17) is 0 Å². The number of nitrogens with zero attached hydrogens (tertiary/aromatic N) is 2. The van der Waals surface area contributed by atoms with Crippen LogP contribution in [0.25, 0.3) is 10.2 Å². The summed E-state index contributed by atoms with van der Waals surface area (Å²) in [5.74, 6) is 0.128. The van der Waals surface area contributed by atoms with Gasteiger partial charge in [-0.25, -0.2) is 4.98 Å². The van der Waals surface area contributed by atoms with Gasteiger partial charge >= 0.3 is 0 Å². The van der Waals surface area contributed by atoms with Crippen LogP contribution in [-0.4, -0.2) is 33.5 Å². The fourth-order valence-corrected chi connectivity index (χ4v) is 5.29. The number of aromatic nitrogens is 2. The first-order chi connectivity index (χ1) is 13.5. The molecule has 3 rings (SSSR count). The van der Waals surface area contributed by atoms with Crippen molar-refractivity contribution in [2.24, 2.45) is 0 Å². The van der Waals surface area contributed by atoms with Crippen molar-refractivity contribution in [3.8, 4) is 0 Å². The van der Waals surface area contributed by atoms with E-state index >= 15 is 0 Å². The smallest absolute Gasteiger partial charge is 0.263 e. The lowest BCUT2D eigenvalue weighted by atomic mass is 10.3. The quantitative estimate of drug-likeness (QED) is 0.242. The minimum absolute atomic E-state index is 0.00791. The molecule has 0 saturated heterocycles. The Morgan fingerprint density at radius 2 is 2.18 bits per heavy atom. The van der Waals surface area contributed by atoms with Gasteiger partial charge in [0.15, 0.2) is 10.9 Å².